The molecule has 158 valence electrons. The Balaban J connectivity index is 1.59. The summed E-state index contributed by atoms with van der Waals surface area (Å²) >= 11 is 6.01. The number of fused-ring (bicyclic) bond motifs is 1. The Hall–Kier alpha value is -3.58. The van der Waals surface area contributed by atoms with Gasteiger partial charge >= 0.3 is 5.97 Å². The normalized spacial score (nSPS) is 11.1. The smallest absolute Gasteiger partial charge is 0.307 e. The summed E-state index contributed by atoms with van der Waals surface area (Å²) in [6, 6.07) is 14.2. The molecule has 0 spiro atoms. The number of hydrogen-bond acceptors (Lipinski definition) is 4. The number of carbonyl (C=O) groups is 2. The molecule has 0 saturated carbocycles. The molecule has 0 bridgehead atoms. The van der Waals surface area contributed by atoms with Crippen LogP contribution in [0.1, 0.15) is 33.1 Å². The van der Waals surface area contributed by atoms with Crippen molar-refractivity contribution in [1.29, 1.82) is 0 Å². The van der Waals surface area contributed by atoms with Gasteiger partial charge in [-0.25, -0.2) is 0 Å². The van der Waals surface area contributed by atoms with Crippen molar-refractivity contribution in [3.8, 4) is 0 Å². The number of carbonyl (C=O) groups excluding carboxylic acids is 1. The van der Waals surface area contributed by atoms with Crippen LogP contribution in [-0.2, 0) is 17.8 Å². The van der Waals surface area contributed by atoms with Crippen molar-refractivity contribution in [1.82, 2.24) is 9.78 Å². The first-order chi connectivity index (χ1) is 14.8. The highest BCUT2D eigenvalue weighted by Crippen LogP contribution is 2.25. The molecule has 0 radical (unpaired) electrons. The fourth-order valence-corrected chi connectivity index (χ4v) is 3.73. The van der Waals surface area contributed by atoms with Crippen LogP contribution in [0.5, 0.6) is 0 Å². The van der Waals surface area contributed by atoms with Crippen molar-refractivity contribution in [2.75, 3.05) is 5.32 Å². The third-order valence-corrected chi connectivity index (χ3v) is 5.38. The first-order valence-electron chi connectivity index (χ1n) is 9.65. The molecule has 0 fully saturated rings. The van der Waals surface area contributed by atoms with E-state index in [2.05, 4.69) is 10.4 Å². The lowest BCUT2D eigenvalue weighted by molar-refractivity contribution is -0.136. The monoisotopic (exact) mass is 437 g/mol. The average Bonchev–Trinajstić information content (AvgIpc) is 3.25. The zero-order valence-corrected chi connectivity index (χ0v) is 17.7. The second-order valence-corrected chi connectivity index (χ2v) is 7.72. The van der Waals surface area contributed by atoms with Gasteiger partial charge in [-0.05, 0) is 49.7 Å². The van der Waals surface area contributed by atoms with E-state index in [9.17, 15) is 9.59 Å². The maximum absolute atomic E-state index is 12.8. The van der Waals surface area contributed by atoms with E-state index in [1.54, 1.807) is 41.9 Å². The van der Waals surface area contributed by atoms with Crippen molar-refractivity contribution in [2.45, 2.75) is 26.8 Å². The summed E-state index contributed by atoms with van der Waals surface area (Å²) in [5.74, 6) is -1.09. The number of carboxylic acids is 1. The van der Waals surface area contributed by atoms with Gasteiger partial charge in [0.25, 0.3) is 5.91 Å². The van der Waals surface area contributed by atoms with Crippen LogP contribution in [-0.4, -0.2) is 26.8 Å². The van der Waals surface area contributed by atoms with E-state index >= 15 is 0 Å². The summed E-state index contributed by atoms with van der Waals surface area (Å²) in [4.78, 5) is 23.9. The maximum Gasteiger partial charge on any atom is 0.307 e. The molecule has 2 aromatic heterocycles. The molecule has 2 aromatic carbocycles. The molecule has 0 aliphatic rings. The topological polar surface area (TPSA) is 97.4 Å². The second-order valence-electron chi connectivity index (χ2n) is 7.28. The van der Waals surface area contributed by atoms with Crippen molar-refractivity contribution in [2.24, 2.45) is 0 Å². The molecule has 8 heteroatoms. The number of para-hydroxylation sites is 1. The number of carboxylic acid groups (broad SMARTS) is 1. The summed E-state index contributed by atoms with van der Waals surface area (Å²) in [6.07, 6.45) is -0.0773. The molecule has 7 nitrogen and oxygen atoms in total. The van der Waals surface area contributed by atoms with Crippen LogP contribution < -0.4 is 5.32 Å². The zero-order valence-electron chi connectivity index (χ0n) is 17.0. The van der Waals surface area contributed by atoms with Crippen LogP contribution in [0.4, 0.5) is 5.69 Å². The fraction of sp³-hybridized carbons (Fsp3) is 0.174. The third kappa shape index (κ3) is 4.32. The van der Waals surface area contributed by atoms with Crippen molar-refractivity contribution in [3.63, 3.8) is 0 Å². The molecule has 0 unspecified atom stereocenters. The largest absolute Gasteiger partial charge is 0.481 e. The number of nitrogens with zero attached hydrogens (tertiary/aromatic N) is 2. The minimum absolute atomic E-state index is 0.0773. The zero-order chi connectivity index (χ0) is 22.1. The van der Waals surface area contributed by atoms with Crippen LogP contribution in [0.25, 0.3) is 11.0 Å². The lowest BCUT2D eigenvalue weighted by Gasteiger charge is -2.12. The molecule has 4 aromatic rings. The lowest BCUT2D eigenvalue weighted by atomic mass is 10.1. The number of hydrogen-bond donors (Lipinski definition) is 2. The quantitative estimate of drug-likeness (QED) is 0.450. The number of rotatable bonds is 6. The number of anilines is 1. The average molecular weight is 438 g/mol. The minimum atomic E-state index is -0.898. The molecular weight excluding hydrogens is 418 g/mol. The van der Waals surface area contributed by atoms with E-state index in [1.807, 2.05) is 25.1 Å². The Morgan fingerprint density at radius 3 is 2.71 bits per heavy atom. The number of aliphatic carboxylic acids is 1. The second kappa shape index (κ2) is 8.28. The van der Waals surface area contributed by atoms with Crippen molar-refractivity contribution < 1.29 is 19.1 Å². The Labute approximate surface area is 183 Å². The van der Waals surface area contributed by atoms with Crippen LogP contribution >= 0.6 is 11.6 Å². The SMILES string of the molecule is Cc1nn(Cc2ccccc2NC(=O)c2cc3cc(Cl)ccc3o2)c(C)c1CC(=O)O. The number of nitrogens with one attached hydrogen (secondary N) is 1. The van der Waals surface area contributed by atoms with Gasteiger partial charge in [0.2, 0.25) is 0 Å². The Kier molecular flexibility index (Phi) is 5.52. The number of halogens is 1. The molecule has 31 heavy (non-hydrogen) atoms. The summed E-state index contributed by atoms with van der Waals surface area (Å²) in [5.41, 5.74) is 4.21. The summed E-state index contributed by atoms with van der Waals surface area (Å²) < 4.78 is 7.40. The van der Waals surface area contributed by atoms with E-state index in [1.165, 1.54) is 0 Å². The van der Waals surface area contributed by atoms with Gasteiger partial charge in [-0.3, -0.25) is 14.3 Å². The van der Waals surface area contributed by atoms with E-state index < -0.39 is 5.97 Å². The predicted molar refractivity (Wildman–Crippen MR) is 118 cm³/mol. The molecule has 2 heterocycles. The standard InChI is InChI=1S/C23H20ClN3O4/c1-13-18(11-22(28)29)14(2)27(26-13)12-15-5-3-4-6-19(15)25-23(30)21-10-16-9-17(24)7-8-20(16)31-21/h3-10H,11-12H2,1-2H3,(H,25,30)(H,28,29). The molecule has 0 aliphatic heterocycles. The van der Waals surface area contributed by atoms with E-state index in [0.717, 1.165) is 16.6 Å². The Bertz CT molecular complexity index is 1310. The number of aromatic nitrogens is 2. The minimum Gasteiger partial charge on any atom is -0.481 e. The number of benzene rings is 2. The van der Waals surface area contributed by atoms with Crippen LogP contribution in [0.15, 0.2) is 52.9 Å². The third-order valence-electron chi connectivity index (χ3n) is 5.15. The molecule has 0 atom stereocenters. The van der Waals surface area contributed by atoms with Gasteiger partial charge in [0.15, 0.2) is 5.76 Å². The first kappa shape index (κ1) is 20.7. The number of amides is 1. The predicted octanol–water partition coefficient (Wildman–Crippen LogP) is 4.83. The highest BCUT2D eigenvalue weighted by Gasteiger charge is 2.17. The Morgan fingerprint density at radius 1 is 1.16 bits per heavy atom. The lowest BCUT2D eigenvalue weighted by Crippen LogP contribution is -2.14. The molecule has 1 amide bonds. The summed E-state index contributed by atoms with van der Waals surface area (Å²) in [6.45, 7) is 4.03. The van der Waals surface area contributed by atoms with Crippen molar-refractivity contribution in [3.05, 3.63) is 81.8 Å². The van der Waals surface area contributed by atoms with Crippen LogP contribution in [0.2, 0.25) is 5.02 Å². The first-order valence-corrected chi connectivity index (χ1v) is 10.0. The molecular formula is C23H20ClN3O4. The van der Waals surface area contributed by atoms with Gasteiger partial charge in [-0.1, -0.05) is 29.8 Å². The maximum atomic E-state index is 12.8. The Morgan fingerprint density at radius 2 is 1.94 bits per heavy atom. The van der Waals surface area contributed by atoms with E-state index in [-0.39, 0.29) is 18.1 Å². The van der Waals surface area contributed by atoms with Crippen LogP contribution in [0.3, 0.4) is 0 Å². The highest BCUT2D eigenvalue weighted by atomic mass is 35.5. The van der Waals surface area contributed by atoms with Gasteiger partial charge < -0.3 is 14.8 Å². The molecule has 0 saturated heterocycles. The van der Waals surface area contributed by atoms with Crippen molar-refractivity contribution >= 4 is 40.1 Å². The van der Waals surface area contributed by atoms with Gasteiger partial charge in [0, 0.05) is 27.4 Å². The van der Waals surface area contributed by atoms with Gasteiger partial charge in [-0.2, -0.15) is 5.10 Å². The molecule has 0 aliphatic carbocycles. The van der Waals surface area contributed by atoms with Gasteiger partial charge in [-0.15, -0.1) is 0 Å². The number of furan rings is 1. The van der Waals surface area contributed by atoms with Crippen LogP contribution in [0, 0.1) is 13.8 Å². The van der Waals surface area contributed by atoms with Gasteiger partial charge in [0.1, 0.15) is 5.58 Å². The van der Waals surface area contributed by atoms with E-state index in [4.69, 9.17) is 21.1 Å². The molecule has 4 rings (SSSR count). The van der Waals surface area contributed by atoms with Gasteiger partial charge in [0.05, 0.1) is 18.7 Å². The molecule has 2 N–H and O–H groups in total. The number of aryl methyl sites for hydroxylation is 1. The summed E-state index contributed by atoms with van der Waals surface area (Å²) in [5, 5.41) is 17.8. The van der Waals surface area contributed by atoms with E-state index in [0.29, 0.717) is 34.1 Å². The summed E-state index contributed by atoms with van der Waals surface area (Å²) in [7, 11) is 0. The fourth-order valence-electron chi connectivity index (χ4n) is 3.55. The highest BCUT2D eigenvalue weighted by molar-refractivity contribution is 6.31.